The Bertz CT molecular complexity index is 1340. The first-order valence-electron chi connectivity index (χ1n) is 9.33. The lowest BCUT2D eigenvalue weighted by molar-refractivity contribution is -0.142. The predicted molar refractivity (Wildman–Crippen MR) is 121 cm³/mol. The van der Waals surface area contributed by atoms with E-state index in [4.69, 9.17) is 0 Å². The van der Waals surface area contributed by atoms with E-state index in [0.717, 1.165) is 30.3 Å². The van der Waals surface area contributed by atoms with Crippen LogP contribution in [0.4, 0.5) is 0 Å². The van der Waals surface area contributed by atoms with E-state index in [1.165, 1.54) is 0 Å². The molecule has 1 unspecified atom stereocenters. The Kier molecular flexibility index (Phi) is 4.35. The molecule has 0 fully saturated rings. The highest BCUT2D eigenvalue weighted by atomic mass is 127. The predicted octanol–water partition coefficient (Wildman–Crippen LogP) is 4.15. The number of amides is 2. The summed E-state index contributed by atoms with van der Waals surface area (Å²) in [5, 5.41) is 12.0. The highest BCUT2D eigenvalue weighted by molar-refractivity contribution is 14.1. The zero-order valence-corrected chi connectivity index (χ0v) is 17.7. The van der Waals surface area contributed by atoms with Gasteiger partial charge in [0, 0.05) is 25.4 Å². The average Bonchev–Trinajstić information content (AvgIpc) is 3.18. The number of hydrogen-bond acceptors (Lipinski definition) is 3. The van der Waals surface area contributed by atoms with Crippen LogP contribution in [-0.4, -0.2) is 38.4 Å². The van der Waals surface area contributed by atoms with E-state index in [9.17, 15) is 19.5 Å². The van der Waals surface area contributed by atoms with Gasteiger partial charge in [0.25, 0.3) is 11.8 Å². The number of rotatable bonds is 4. The van der Waals surface area contributed by atoms with Gasteiger partial charge in [-0.15, -0.1) is 0 Å². The van der Waals surface area contributed by atoms with Gasteiger partial charge in [-0.1, -0.05) is 30.3 Å². The maximum Gasteiger partial charge on any atom is 0.328 e. The summed E-state index contributed by atoms with van der Waals surface area (Å²) < 4.78 is 2.95. The lowest BCUT2D eigenvalue weighted by Crippen LogP contribution is -2.47. The molecule has 2 amide bonds. The van der Waals surface area contributed by atoms with Crippen LogP contribution in [0.5, 0.6) is 0 Å². The van der Waals surface area contributed by atoms with Crippen molar-refractivity contribution >= 4 is 62.2 Å². The molecule has 1 atom stereocenters. The minimum atomic E-state index is -1.32. The third kappa shape index (κ3) is 2.72. The molecule has 0 bridgehead atoms. The topological polar surface area (TPSA) is 79.6 Å². The third-order valence-electron chi connectivity index (χ3n) is 5.51. The van der Waals surface area contributed by atoms with E-state index in [-0.39, 0.29) is 17.7 Å². The average molecular weight is 510 g/mol. The van der Waals surface area contributed by atoms with Crippen LogP contribution in [-0.2, 0) is 11.3 Å². The van der Waals surface area contributed by atoms with Gasteiger partial charge in [0.2, 0.25) is 0 Å². The number of carboxylic acid groups (broad SMARTS) is 1. The van der Waals surface area contributed by atoms with Crippen molar-refractivity contribution in [1.29, 1.82) is 0 Å². The van der Waals surface area contributed by atoms with Gasteiger partial charge < -0.3 is 9.67 Å². The molecule has 3 aromatic carbocycles. The molecule has 2 heterocycles. The van der Waals surface area contributed by atoms with Gasteiger partial charge >= 0.3 is 5.97 Å². The second-order valence-electron chi connectivity index (χ2n) is 7.17. The van der Waals surface area contributed by atoms with Crippen LogP contribution in [0.25, 0.3) is 21.8 Å². The number of carbonyl (C=O) groups is 3. The SMILES string of the molecule is O=C(O)C(Cn1c2ccccc2c2cc(I)ccc21)N1C(=O)c2ccccc2C1=O. The number of carboxylic acids is 1. The van der Waals surface area contributed by atoms with Crippen molar-refractivity contribution in [3.05, 3.63) is 81.4 Å². The standard InChI is InChI=1S/C23H15IN2O4/c24-13-9-10-19-17(11-13)14-5-3-4-8-18(14)25(19)12-20(23(29)30)26-21(27)15-6-1-2-7-16(15)22(26)28/h1-11,20H,12H2,(H,29,30). The van der Waals surface area contributed by atoms with E-state index in [1.807, 2.05) is 47.0 Å². The summed E-state index contributed by atoms with van der Waals surface area (Å²) >= 11 is 2.24. The van der Waals surface area contributed by atoms with E-state index >= 15 is 0 Å². The second-order valence-corrected chi connectivity index (χ2v) is 8.41. The Morgan fingerprint density at radius 2 is 1.47 bits per heavy atom. The number of benzene rings is 3. The fourth-order valence-corrected chi connectivity index (χ4v) is 4.65. The number of halogens is 1. The molecule has 5 rings (SSSR count). The zero-order chi connectivity index (χ0) is 21.0. The summed E-state index contributed by atoms with van der Waals surface area (Å²) in [7, 11) is 0. The minimum absolute atomic E-state index is 0.0363. The normalized spacial score (nSPS) is 14.5. The minimum Gasteiger partial charge on any atom is -0.480 e. The Morgan fingerprint density at radius 3 is 2.13 bits per heavy atom. The fourth-order valence-electron chi connectivity index (χ4n) is 4.16. The molecule has 7 heteroatoms. The molecule has 0 saturated carbocycles. The van der Waals surface area contributed by atoms with Crippen LogP contribution in [0.2, 0.25) is 0 Å². The number of imide groups is 1. The third-order valence-corrected chi connectivity index (χ3v) is 6.18. The molecule has 0 aliphatic carbocycles. The monoisotopic (exact) mass is 510 g/mol. The number of nitrogens with zero attached hydrogens (tertiary/aromatic N) is 2. The van der Waals surface area contributed by atoms with Gasteiger partial charge in [0.05, 0.1) is 17.7 Å². The van der Waals surface area contributed by atoms with Crippen LogP contribution in [0.15, 0.2) is 66.7 Å². The first-order chi connectivity index (χ1) is 14.5. The van der Waals surface area contributed by atoms with Crippen LogP contribution in [0.1, 0.15) is 20.7 Å². The molecule has 30 heavy (non-hydrogen) atoms. The molecule has 0 radical (unpaired) electrons. The maximum absolute atomic E-state index is 12.9. The van der Waals surface area contributed by atoms with Crippen molar-refractivity contribution in [2.75, 3.05) is 0 Å². The number of aliphatic carboxylic acids is 1. The number of para-hydroxylation sites is 1. The highest BCUT2D eigenvalue weighted by Gasteiger charge is 2.43. The Balaban J connectivity index is 1.65. The molecule has 1 aliphatic rings. The summed E-state index contributed by atoms with van der Waals surface area (Å²) in [5.74, 6) is -2.36. The number of aromatic nitrogens is 1. The van der Waals surface area contributed by atoms with Crippen LogP contribution >= 0.6 is 22.6 Å². The first kappa shape index (κ1) is 18.8. The van der Waals surface area contributed by atoms with Gasteiger partial charge in [-0.2, -0.15) is 0 Å². The van der Waals surface area contributed by atoms with Gasteiger partial charge in [0.15, 0.2) is 6.04 Å². The molecule has 0 saturated heterocycles. The molecule has 0 spiro atoms. The summed E-state index contributed by atoms with van der Waals surface area (Å²) in [5.41, 5.74) is 2.20. The molecule has 6 nitrogen and oxygen atoms in total. The fraction of sp³-hybridized carbons (Fsp3) is 0.0870. The van der Waals surface area contributed by atoms with Crippen molar-refractivity contribution in [2.24, 2.45) is 0 Å². The summed E-state index contributed by atoms with van der Waals surface area (Å²) in [6, 6.07) is 18.8. The van der Waals surface area contributed by atoms with Crippen LogP contribution in [0, 0.1) is 3.57 Å². The van der Waals surface area contributed by atoms with E-state index in [2.05, 4.69) is 22.6 Å². The lowest BCUT2D eigenvalue weighted by atomic mass is 10.1. The smallest absolute Gasteiger partial charge is 0.328 e. The number of carbonyl (C=O) groups excluding carboxylic acids is 2. The van der Waals surface area contributed by atoms with Gasteiger partial charge in [0.1, 0.15) is 0 Å². The first-order valence-corrected chi connectivity index (χ1v) is 10.4. The molecular weight excluding hydrogens is 495 g/mol. The number of hydrogen-bond donors (Lipinski definition) is 1. The quantitative estimate of drug-likeness (QED) is 0.331. The largest absolute Gasteiger partial charge is 0.480 e. The molecule has 1 N–H and O–H groups in total. The second kappa shape index (κ2) is 6.94. The van der Waals surface area contributed by atoms with Gasteiger partial charge in [-0.05, 0) is 59.0 Å². The van der Waals surface area contributed by atoms with Crippen LogP contribution in [0.3, 0.4) is 0 Å². The molecule has 148 valence electrons. The maximum atomic E-state index is 12.9. The van der Waals surface area contributed by atoms with E-state index in [1.54, 1.807) is 24.3 Å². The number of fused-ring (bicyclic) bond motifs is 4. The highest BCUT2D eigenvalue weighted by Crippen LogP contribution is 2.32. The summed E-state index contributed by atoms with van der Waals surface area (Å²) in [6.45, 7) is -0.0363. The van der Waals surface area contributed by atoms with Crippen molar-refractivity contribution in [2.45, 2.75) is 12.6 Å². The van der Waals surface area contributed by atoms with Crippen molar-refractivity contribution in [3.63, 3.8) is 0 Å². The van der Waals surface area contributed by atoms with Crippen molar-refractivity contribution in [3.8, 4) is 0 Å². The molecule has 1 aliphatic heterocycles. The molecule has 1 aromatic heterocycles. The van der Waals surface area contributed by atoms with Crippen molar-refractivity contribution in [1.82, 2.24) is 9.47 Å². The zero-order valence-electron chi connectivity index (χ0n) is 15.6. The van der Waals surface area contributed by atoms with E-state index < -0.39 is 23.8 Å². The van der Waals surface area contributed by atoms with Gasteiger partial charge in [-0.25, -0.2) is 4.79 Å². The van der Waals surface area contributed by atoms with E-state index in [0.29, 0.717) is 0 Å². The molecule has 4 aromatic rings. The molecular formula is C23H15IN2O4. The van der Waals surface area contributed by atoms with Gasteiger partial charge in [-0.3, -0.25) is 14.5 Å². The Morgan fingerprint density at radius 1 is 0.867 bits per heavy atom. The summed E-state index contributed by atoms with van der Waals surface area (Å²) in [4.78, 5) is 38.9. The Hall–Kier alpha value is -3.20. The lowest BCUT2D eigenvalue weighted by Gasteiger charge is -2.24. The van der Waals surface area contributed by atoms with Crippen LogP contribution < -0.4 is 0 Å². The summed E-state index contributed by atoms with van der Waals surface area (Å²) in [6.07, 6.45) is 0. The van der Waals surface area contributed by atoms with Crippen molar-refractivity contribution < 1.29 is 19.5 Å². The Labute approximate surface area is 184 Å².